The Balaban J connectivity index is 1.51. The number of rotatable bonds is 1. The van der Waals surface area contributed by atoms with Crippen LogP contribution >= 0.6 is 0 Å². The van der Waals surface area contributed by atoms with Gasteiger partial charge in [0.05, 0.1) is 29.0 Å². The summed E-state index contributed by atoms with van der Waals surface area (Å²) in [5, 5.41) is 0. The number of aromatic nitrogens is 2. The van der Waals surface area contributed by atoms with Crippen molar-refractivity contribution in [2.24, 2.45) is 0 Å². The van der Waals surface area contributed by atoms with Crippen molar-refractivity contribution in [3.8, 4) is 0 Å². The molecule has 0 N–H and O–H groups in total. The van der Waals surface area contributed by atoms with E-state index in [0.717, 1.165) is 22.4 Å². The number of benzene rings is 1. The van der Waals surface area contributed by atoms with Crippen LogP contribution in [0.2, 0.25) is 0 Å². The minimum absolute atomic E-state index is 0.0144. The van der Waals surface area contributed by atoms with Crippen LogP contribution in [0.4, 0.5) is 4.79 Å². The summed E-state index contributed by atoms with van der Waals surface area (Å²) in [6.07, 6.45) is 1.06. The van der Waals surface area contributed by atoms with Crippen LogP contribution in [-0.2, 0) is 4.74 Å². The second kappa shape index (κ2) is 5.93. The Morgan fingerprint density at radius 1 is 1.12 bits per heavy atom. The minimum Gasteiger partial charge on any atom is -0.441 e. The van der Waals surface area contributed by atoms with Gasteiger partial charge in [-0.15, -0.1) is 0 Å². The molecule has 2 fully saturated rings. The van der Waals surface area contributed by atoms with E-state index in [1.807, 2.05) is 36.9 Å². The first-order valence-corrected chi connectivity index (χ1v) is 8.85. The van der Waals surface area contributed by atoms with Gasteiger partial charge in [0, 0.05) is 38.5 Å². The van der Waals surface area contributed by atoms with Gasteiger partial charge in [0.25, 0.3) is 5.91 Å². The molecule has 2 amide bonds. The van der Waals surface area contributed by atoms with Crippen LogP contribution in [0.15, 0.2) is 18.2 Å². The fourth-order valence-electron chi connectivity index (χ4n) is 3.72. The third kappa shape index (κ3) is 2.77. The number of nitrogens with zero attached hydrogens (tertiary/aromatic N) is 4. The fourth-order valence-corrected chi connectivity index (χ4v) is 3.72. The van der Waals surface area contributed by atoms with E-state index in [2.05, 4.69) is 9.97 Å². The number of likely N-dealkylation sites (tertiary alicyclic amines) is 1. The quantitative estimate of drug-likeness (QED) is 0.785. The van der Waals surface area contributed by atoms with Crippen molar-refractivity contribution >= 4 is 23.0 Å². The summed E-state index contributed by atoms with van der Waals surface area (Å²) < 4.78 is 5.55. The van der Waals surface area contributed by atoms with Gasteiger partial charge >= 0.3 is 6.09 Å². The molecule has 4 rings (SSSR count). The first-order chi connectivity index (χ1) is 12.4. The van der Waals surface area contributed by atoms with Crippen molar-refractivity contribution in [3.05, 3.63) is 35.2 Å². The molecule has 0 atom stereocenters. The third-order valence-electron chi connectivity index (χ3n) is 5.42. The molecule has 0 bridgehead atoms. The smallest absolute Gasteiger partial charge is 0.410 e. The number of hydrogen-bond donors (Lipinski definition) is 0. The highest BCUT2D eigenvalue weighted by Crippen LogP contribution is 2.33. The van der Waals surface area contributed by atoms with Crippen LogP contribution in [0.25, 0.3) is 11.0 Å². The molecule has 26 heavy (non-hydrogen) atoms. The van der Waals surface area contributed by atoms with E-state index in [-0.39, 0.29) is 12.0 Å². The summed E-state index contributed by atoms with van der Waals surface area (Å²) in [5.41, 5.74) is 3.48. The highest BCUT2D eigenvalue weighted by atomic mass is 16.6. The average Bonchev–Trinajstić information content (AvgIpc) is 2.89. The molecule has 2 aliphatic heterocycles. The summed E-state index contributed by atoms with van der Waals surface area (Å²) in [5.74, 6) is -0.0144. The SMILES string of the molecule is Cc1nc2ccc(C(=O)N3CCC4(CC3)CN(C)C(=O)O4)cc2nc1C. The molecule has 2 aromatic rings. The number of amides is 2. The van der Waals surface area contributed by atoms with E-state index < -0.39 is 5.60 Å². The van der Waals surface area contributed by atoms with Crippen molar-refractivity contribution in [1.29, 1.82) is 0 Å². The van der Waals surface area contributed by atoms with E-state index in [1.165, 1.54) is 0 Å². The molecule has 2 saturated heterocycles. The number of carbonyl (C=O) groups is 2. The molecule has 0 unspecified atom stereocenters. The van der Waals surface area contributed by atoms with Gasteiger partial charge in [-0.25, -0.2) is 14.8 Å². The molecular formula is C19H22N4O3. The van der Waals surface area contributed by atoms with Crippen molar-refractivity contribution < 1.29 is 14.3 Å². The van der Waals surface area contributed by atoms with Crippen molar-refractivity contribution in [1.82, 2.24) is 19.8 Å². The van der Waals surface area contributed by atoms with E-state index in [0.29, 0.717) is 38.0 Å². The maximum Gasteiger partial charge on any atom is 0.410 e. The van der Waals surface area contributed by atoms with Gasteiger partial charge < -0.3 is 14.5 Å². The Morgan fingerprint density at radius 3 is 2.38 bits per heavy atom. The molecule has 0 radical (unpaired) electrons. The molecule has 0 aliphatic carbocycles. The predicted octanol–water partition coefficient (Wildman–Crippen LogP) is 2.30. The van der Waals surface area contributed by atoms with Gasteiger partial charge in [0.1, 0.15) is 5.60 Å². The largest absolute Gasteiger partial charge is 0.441 e. The second-order valence-electron chi connectivity index (χ2n) is 7.30. The number of piperidine rings is 1. The maximum atomic E-state index is 12.9. The number of likely N-dealkylation sites (N-methyl/N-ethyl adjacent to an activating group) is 1. The number of carbonyl (C=O) groups excluding carboxylic acids is 2. The Labute approximate surface area is 152 Å². The summed E-state index contributed by atoms with van der Waals surface area (Å²) >= 11 is 0. The molecule has 136 valence electrons. The lowest BCUT2D eigenvalue weighted by molar-refractivity contribution is 0.00318. The maximum absolute atomic E-state index is 12.9. The van der Waals surface area contributed by atoms with E-state index >= 15 is 0 Å². The summed E-state index contributed by atoms with van der Waals surface area (Å²) in [6, 6.07) is 5.47. The van der Waals surface area contributed by atoms with Gasteiger partial charge in [-0.2, -0.15) is 0 Å². The van der Waals surface area contributed by atoms with Crippen LogP contribution in [0.3, 0.4) is 0 Å². The molecule has 3 heterocycles. The van der Waals surface area contributed by atoms with Gasteiger partial charge in [0.2, 0.25) is 0 Å². The van der Waals surface area contributed by atoms with Crippen LogP contribution in [0, 0.1) is 13.8 Å². The Hall–Kier alpha value is -2.70. The standard InChI is InChI=1S/C19H22N4O3/c1-12-13(2)21-16-10-14(4-5-15(16)20-12)17(24)23-8-6-19(7-9-23)11-22(3)18(25)26-19/h4-5,10H,6-9,11H2,1-3H3. The molecule has 1 spiro atoms. The lowest BCUT2D eigenvalue weighted by Gasteiger charge is -2.37. The predicted molar refractivity (Wildman–Crippen MR) is 96.0 cm³/mol. The lowest BCUT2D eigenvalue weighted by atomic mass is 9.91. The number of fused-ring (bicyclic) bond motifs is 1. The van der Waals surface area contributed by atoms with Gasteiger partial charge in [-0.05, 0) is 32.0 Å². The van der Waals surface area contributed by atoms with E-state index in [4.69, 9.17) is 4.74 Å². The van der Waals surface area contributed by atoms with Crippen LogP contribution in [0.5, 0.6) is 0 Å². The van der Waals surface area contributed by atoms with Crippen LogP contribution in [0.1, 0.15) is 34.6 Å². The van der Waals surface area contributed by atoms with Crippen LogP contribution < -0.4 is 0 Å². The molecule has 7 nitrogen and oxygen atoms in total. The monoisotopic (exact) mass is 354 g/mol. The Kier molecular flexibility index (Phi) is 3.82. The van der Waals surface area contributed by atoms with Gasteiger partial charge in [-0.1, -0.05) is 0 Å². The van der Waals surface area contributed by atoms with Crippen molar-refractivity contribution in [2.75, 3.05) is 26.7 Å². The normalized spacial score (nSPS) is 19.3. The zero-order valence-electron chi connectivity index (χ0n) is 15.3. The average molecular weight is 354 g/mol. The number of ether oxygens (including phenoxy) is 1. The lowest BCUT2D eigenvalue weighted by Crippen LogP contribution is -2.48. The summed E-state index contributed by atoms with van der Waals surface area (Å²) in [6.45, 7) is 5.60. The molecule has 1 aromatic carbocycles. The third-order valence-corrected chi connectivity index (χ3v) is 5.42. The van der Waals surface area contributed by atoms with Crippen molar-refractivity contribution in [2.45, 2.75) is 32.3 Å². The van der Waals surface area contributed by atoms with Crippen molar-refractivity contribution in [3.63, 3.8) is 0 Å². The fraction of sp³-hybridized carbons (Fsp3) is 0.474. The first kappa shape index (κ1) is 16.8. The topological polar surface area (TPSA) is 75.6 Å². The molecule has 1 aromatic heterocycles. The zero-order chi connectivity index (χ0) is 18.5. The molecule has 0 saturated carbocycles. The molecular weight excluding hydrogens is 332 g/mol. The van der Waals surface area contributed by atoms with Gasteiger partial charge in [0.15, 0.2) is 0 Å². The molecule has 2 aliphatic rings. The van der Waals surface area contributed by atoms with Crippen LogP contribution in [-0.4, -0.2) is 64.1 Å². The summed E-state index contributed by atoms with van der Waals surface area (Å²) in [4.78, 5) is 37.0. The highest BCUT2D eigenvalue weighted by molar-refractivity contribution is 5.97. The first-order valence-electron chi connectivity index (χ1n) is 8.85. The highest BCUT2D eigenvalue weighted by Gasteiger charge is 2.46. The number of aryl methyl sites for hydroxylation is 2. The van der Waals surface area contributed by atoms with Gasteiger partial charge in [-0.3, -0.25) is 4.79 Å². The Bertz CT molecular complexity index is 903. The van der Waals surface area contributed by atoms with E-state index in [1.54, 1.807) is 11.9 Å². The Morgan fingerprint density at radius 2 is 1.77 bits per heavy atom. The molecule has 7 heteroatoms. The minimum atomic E-state index is -0.438. The zero-order valence-corrected chi connectivity index (χ0v) is 15.3. The number of hydrogen-bond acceptors (Lipinski definition) is 5. The summed E-state index contributed by atoms with van der Waals surface area (Å²) in [7, 11) is 1.74. The second-order valence-corrected chi connectivity index (χ2v) is 7.30. The van der Waals surface area contributed by atoms with E-state index in [9.17, 15) is 9.59 Å².